The molecular weight excluding hydrogens is 445 g/mol. The molecule has 1 heterocycles. The standard InChI is InChI=1S/C18H31N5O2.HI/c1-6-24-13-10-12(18(13)8-7-9-18)21-16(19-5)20-11-14-22-15(25-23-14)17(2,3)4;/h12-13H,6-11H2,1-5H3,(H2,19,20,21);1H. The molecule has 0 saturated heterocycles. The average Bonchev–Trinajstić information content (AvgIpc) is 2.96. The molecule has 1 spiro atoms. The molecule has 2 fully saturated rings. The van der Waals surface area contributed by atoms with Crippen LogP contribution in [0.2, 0.25) is 0 Å². The fourth-order valence-corrected chi connectivity index (χ4v) is 3.79. The lowest BCUT2D eigenvalue weighted by Crippen LogP contribution is -2.68. The van der Waals surface area contributed by atoms with Gasteiger partial charge in [-0.1, -0.05) is 32.3 Å². The predicted molar refractivity (Wildman–Crippen MR) is 112 cm³/mol. The summed E-state index contributed by atoms with van der Waals surface area (Å²) >= 11 is 0. The number of rotatable bonds is 5. The fraction of sp³-hybridized carbons (Fsp3) is 0.833. The molecule has 2 unspecified atom stereocenters. The Morgan fingerprint density at radius 2 is 2.12 bits per heavy atom. The zero-order valence-electron chi connectivity index (χ0n) is 16.5. The topological polar surface area (TPSA) is 84.6 Å². The number of halogens is 1. The molecule has 1 aromatic heterocycles. The second-order valence-electron chi connectivity index (χ2n) is 8.15. The summed E-state index contributed by atoms with van der Waals surface area (Å²) in [5.41, 5.74) is 0.168. The Bertz CT molecular complexity index is 621. The van der Waals surface area contributed by atoms with Crippen molar-refractivity contribution >= 4 is 29.9 Å². The van der Waals surface area contributed by atoms with Crippen LogP contribution in [-0.2, 0) is 16.7 Å². The van der Waals surface area contributed by atoms with Crippen molar-refractivity contribution in [1.82, 2.24) is 20.8 Å². The van der Waals surface area contributed by atoms with Crippen molar-refractivity contribution in [3.63, 3.8) is 0 Å². The van der Waals surface area contributed by atoms with Crippen molar-refractivity contribution in [2.24, 2.45) is 10.4 Å². The Kier molecular flexibility index (Phi) is 6.92. The number of nitrogens with one attached hydrogen (secondary N) is 2. The van der Waals surface area contributed by atoms with Gasteiger partial charge < -0.3 is 19.9 Å². The van der Waals surface area contributed by atoms with E-state index in [1.165, 1.54) is 19.3 Å². The van der Waals surface area contributed by atoms with Gasteiger partial charge in [-0.3, -0.25) is 4.99 Å². The molecule has 3 rings (SSSR count). The molecule has 0 aliphatic heterocycles. The lowest BCUT2D eigenvalue weighted by Gasteiger charge is -2.61. The maximum atomic E-state index is 5.91. The summed E-state index contributed by atoms with van der Waals surface area (Å²) in [6.45, 7) is 9.53. The Morgan fingerprint density at radius 3 is 2.62 bits per heavy atom. The van der Waals surface area contributed by atoms with Crippen LogP contribution in [-0.4, -0.2) is 41.9 Å². The highest BCUT2D eigenvalue weighted by molar-refractivity contribution is 14.0. The van der Waals surface area contributed by atoms with Gasteiger partial charge in [0.1, 0.15) is 0 Å². The largest absolute Gasteiger partial charge is 0.378 e. The van der Waals surface area contributed by atoms with E-state index >= 15 is 0 Å². The maximum absolute atomic E-state index is 5.91. The zero-order chi connectivity index (χ0) is 18.1. The number of aliphatic imine (C=N–C) groups is 1. The second kappa shape index (κ2) is 8.41. The lowest BCUT2D eigenvalue weighted by molar-refractivity contribution is -0.168. The summed E-state index contributed by atoms with van der Waals surface area (Å²) in [5, 5.41) is 10.9. The van der Waals surface area contributed by atoms with Crippen molar-refractivity contribution in [2.45, 2.75) is 77.5 Å². The van der Waals surface area contributed by atoms with E-state index in [2.05, 4.69) is 53.5 Å². The normalized spacial score (nSPS) is 24.4. The Morgan fingerprint density at radius 1 is 1.38 bits per heavy atom. The molecule has 8 heteroatoms. The summed E-state index contributed by atoms with van der Waals surface area (Å²) in [6.07, 6.45) is 5.23. The summed E-state index contributed by atoms with van der Waals surface area (Å²) in [4.78, 5) is 8.79. The molecule has 7 nitrogen and oxygen atoms in total. The van der Waals surface area contributed by atoms with Crippen LogP contribution < -0.4 is 10.6 Å². The van der Waals surface area contributed by atoms with E-state index in [0.29, 0.717) is 35.8 Å². The van der Waals surface area contributed by atoms with E-state index in [4.69, 9.17) is 9.26 Å². The number of guanidine groups is 1. The van der Waals surface area contributed by atoms with Crippen molar-refractivity contribution in [3.05, 3.63) is 11.7 Å². The van der Waals surface area contributed by atoms with Gasteiger partial charge in [-0.2, -0.15) is 4.98 Å². The van der Waals surface area contributed by atoms with Crippen molar-refractivity contribution in [1.29, 1.82) is 0 Å². The van der Waals surface area contributed by atoms with Crippen molar-refractivity contribution in [2.75, 3.05) is 13.7 Å². The highest BCUT2D eigenvalue weighted by atomic mass is 127. The van der Waals surface area contributed by atoms with Gasteiger partial charge in [0, 0.05) is 30.5 Å². The Hall–Kier alpha value is -0.900. The van der Waals surface area contributed by atoms with E-state index in [-0.39, 0.29) is 29.4 Å². The molecule has 0 amide bonds. The van der Waals surface area contributed by atoms with Gasteiger partial charge in [0.05, 0.1) is 12.6 Å². The number of hydrogen-bond donors (Lipinski definition) is 2. The molecule has 2 saturated carbocycles. The number of ether oxygens (including phenoxy) is 1. The smallest absolute Gasteiger partial charge is 0.232 e. The van der Waals surface area contributed by atoms with E-state index < -0.39 is 0 Å². The van der Waals surface area contributed by atoms with Gasteiger partial charge in [0.25, 0.3) is 0 Å². The molecule has 2 aliphatic rings. The van der Waals surface area contributed by atoms with Crippen LogP contribution in [0.25, 0.3) is 0 Å². The van der Waals surface area contributed by atoms with Crippen LogP contribution in [0.15, 0.2) is 9.52 Å². The van der Waals surface area contributed by atoms with Crippen LogP contribution in [0.1, 0.15) is 65.1 Å². The maximum Gasteiger partial charge on any atom is 0.232 e. The first-order valence-corrected chi connectivity index (χ1v) is 9.31. The first-order chi connectivity index (χ1) is 11.9. The van der Waals surface area contributed by atoms with Crippen LogP contribution in [0.4, 0.5) is 0 Å². The van der Waals surface area contributed by atoms with E-state index in [1.54, 1.807) is 7.05 Å². The number of hydrogen-bond acceptors (Lipinski definition) is 5. The third kappa shape index (κ3) is 4.16. The predicted octanol–water partition coefficient (Wildman–Crippen LogP) is 3.00. The van der Waals surface area contributed by atoms with Gasteiger partial charge in [-0.25, -0.2) is 0 Å². The molecule has 2 atom stereocenters. The van der Waals surface area contributed by atoms with Crippen molar-refractivity contribution < 1.29 is 9.26 Å². The molecular formula is C18H32IN5O2. The highest BCUT2D eigenvalue weighted by Gasteiger charge is 2.59. The summed E-state index contributed by atoms with van der Waals surface area (Å²) in [7, 11) is 1.79. The van der Waals surface area contributed by atoms with Gasteiger partial charge >= 0.3 is 0 Å². The van der Waals surface area contributed by atoms with Crippen LogP contribution in [0, 0.1) is 5.41 Å². The summed E-state index contributed by atoms with van der Waals surface area (Å²) in [6, 6.07) is 0.430. The monoisotopic (exact) mass is 477 g/mol. The minimum atomic E-state index is -0.137. The van der Waals surface area contributed by atoms with Crippen LogP contribution in [0.5, 0.6) is 0 Å². The molecule has 0 bridgehead atoms. The number of aromatic nitrogens is 2. The molecule has 0 radical (unpaired) electrons. The lowest BCUT2D eigenvalue weighted by atomic mass is 9.51. The minimum Gasteiger partial charge on any atom is -0.378 e. The van der Waals surface area contributed by atoms with Gasteiger partial charge in [-0.05, 0) is 26.2 Å². The number of nitrogens with zero attached hydrogens (tertiary/aromatic N) is 3. The van der Waals surface area contributed by atoms with E-state index in [0.717, 1.165) is 19.0 Å². The average molecular weight is 477 g/mol. The van der Waals surface area contributed by atoms with Crippen molar-refractivity contribution in [3.8, 4) is 0 Å². The molecule has 2 N–H and O–H groups in total. The minimum absolute atomic E-state index is 0. The Balaban J connectivity index is 0.00000243. The summed E-state index contributed by atoms with van der Waals surface area (Å²) in [5.74, 6) is 2.08. The SMILES string of the molecule is CCOC1CC(NC(=NC)NCc2noc(C(C)(C)C)n2)C12CCC2.I. The third-order valence-electron chi connectivity index (χ3n) is 5.50. The molecule has 1 aromatic rings. The quantitative estimate of drug-likeness (QED) is 0.386. The summed E-state index contributed by atoms with van der Waals surface area (Å²) < 4.78 is 11.2. The van der Waals surface area contributed by atoms with Crippen LogP contribution in [0.3, 0.4) is 0 Å². The Labute approximate surface area is 173 Å². The van der Waals surface area contributed by atoms with Crippen LogP contribution >= 0.6 is 24.0 Å². The first kappa shape index (κ1) is 21.4. The fourth-order valence-electron chi connectivity index (χ4n) is 3.79. The van der Waals surface area contributed by atoms with Gasteiger partial charge in [0.15, 0.2) is 11.8 Å². The molecule has 2 aliphatic carbocycles. The third-order valence-corrected chi connectivity index (χ3v) is 5.50. The molecule has 148 valence electrons. The first-order valence-electron chi connectivity index (χ1n) is 9.31. The molecule has 26 heavy (non-hydrogen) atoms. The second-order valence-corrected chi connectivity index (χ2v) is 8.15. The van der Waals surface area contributed by atoms with Gasteiger partial charge in [0.2, 0.25) is 5.89 Å². The highest BCUT2D eigenvalue weighted by Crippen LogP contribution is 2.57. The van der Waals surface area contributed by atoms with Gasteiger partial charge in [-0.15, -0.1) is 24.0 Å². The van der Waals surface area contributed by atoms with E-state index in [1.807, 2.05) is 0 Å². The zero-order valence-corrected chi connectivity index (χ0v) is 18.8. The molecule has 0 aromatic carbocycles. The van der Waals surface area contributed by atoms with E-state index in [9.17, 15) is 0 Å².